The Labute approximate surface area is 185 Å². The summed E-state index contributed by atoms with van der Waals surface area (Å²) in [5.74, 6) is -0.155. The average molecular weight is 439 g/mol. The first-order valence-electron chi connectivity index (χ1n) is 10.0. The van der Waals surface area contributed by atoms with Crippen molar-refractivity contribution >= 4 is 23.6 Å². The van der Waals surface area contributed by atoms with E-state index in [4.69, 9.17) is 14.2 Å². The van der Waals surface area contributed by atoms with Crippen molar-refractivity contribution in [2.75, 3.05) is 25.6 Å². The van der Waals surface area contributed by atoms with Gasteiger partial charge in [0.05, 0.1) is 25.3 Å². The lowest BCUT2D eigenvalue weighted by Gasteiger charge is -2.28. The number of methoxy groups -OCH3 is 1. The molecule has 1 aliphatic heterocycles. The Hall–Kier alpha value is -4.01. The van der Waals surface area contributed by atoms with E-state index in [1.54, 1.807) is 44.2 Å². The smallest absolute Gasteiger partial charge is 0.338 e. The molecule has 0 saturated carbocycles. The lowest BCUT2D eigenvalue weighted by Crippen LogP contribution is -2.45. The summed E-state index contributed by atoms with van der Waals surface area (Å²) >= 11 is 0. The van der Waals surface area contributed by atoms with Crippen LogP contribution in [0.2, 0.25) is 0 Å². The molecule has 1 aliphatic rings. The van der Waals surface area contributed by atoms with Crippen molar-refractivity contribution in [2.45, 2.75) is 19.9 Å². The maximum atomic E-state index is 12.5. The van der Waals surface area contributed by atoms with Crippen LogP contribution >= 0.6 is 0 Å². The number of allylic oxidation sites excluding steroid dienone is 1. The SMILES string of the molecule is CCOC(=O)C1=C(C)NC(=O)N[C@@H]1c1ccc(OCC(=O)Nc2ccccc2)c(OC)c1. The highest BCUT2D eigenvalue weighted by atomic mass is 16.5. The van der Waals surface area contributed by atoms with E-state index in [-0.39, 0.29) is 19.1 Å². The number of ether oxygens (including phenoxy) is 3. The van der Waals surface area contributed by atoms with Crippen LogP contribution in [0.15, 0.2) is 59.8 Å². The molecule has 1 heterocycles. The summed E-state index contributed by atoms with van der Waals surface area (Å²) in [6.07, 6.45) is 0. The van der Waals surface area contributed by atoms with Gasteiger partial charge in [0.1, 0.15) is 0 Å². The first-order valence-corrected chi connectivity index (χ1v) is 10.0. The van der Waals surface area contributed by atoms with Gasteiger partial charge in [-0.3, -0.25) is 4.79 Å². The van der Waals surface area contributed by atoms with Gasteiger partial charge in [-0.15, -0.1) is 0 Å². The minimum absolute atomic E-state index is 0.206. The van der Waals surface area contributed by atoms with Gasteiger partial charge in [-0.2, -0.15) is 0 Å². The lowest BCUT2D eigenvalue weighted by molar-refractivity contribution is -0.139. The maximum absolute atomic E-state index is 12.5. The van der Waals surface area contributed by atoms with E-state index in [1.165, 1.54) is 7.11 Å². The second-order valence-electron chi connectivity index (χ2n) is 6.90. The van der Waals surface area contributed by atoms with Crippen molar-refractivity contribution in [2.24, 2.45) is 0 Å². The molecule has 32 heavy (non-hydrogen) atoms. The Balaban J connectivity index is 1.78. The summed E-state index contributed by atoms with van der Waals surface area (Å²) in [6, 6.07) is 12.8. The monoisotopic (exact) mass is 439 g/mol. The van der Waals surface area contributed by atoms with Crippen LogP contribution in [0.1, 0.15) is 25.5 Å². The number of urea groups is 1. The van der Waals surface area contributed by atoms with Gasteiger partial charge in [0.2, 0.25) is 0 Å². The zero-order chi connectivity index (χ0) is 23.1. The van der Waals surface area contributed by atoms with Gasteiger partial charge >= 0.3 is 12.0 Å². The number of hydrogen-bond donors (Lipinski definition) is 3. The fourth-order valence-electron chi connectivity index (χ4n) is 3.27. The summed E-state index contributed by atoms with van der Waals surface area (Å²) in [6.45, 7) is 3.33. The molecule has 3 N–H and O–H groups in total. The molecule has 0 fully saturated rings. The molecule has 3 rings (SSSR count). The fraction of sp³-hybridized carbons (Fsp3) is 0.261. The topological polar surface area (TPSA) is 115 Å². The van der Waals surface area contributed by atoms with E-state index in [2.05, 4.69) is 16.0 Å². The molecule has 9 nitrogen and oxygen atoms in total. The van der Waals surface area contributed by atoms with Crippen molar-refractivity contribution in [3.8, 4) is 11.5 Å². The van der Waals surface area contributed by atoms with E-state index in [1.807, 2.05) is 18.2 Å². The summed E-state index contributed by atoms with van der Waals surface area (Å²) in [5, 5.41) is 8.06. The fourth-order valence-corrected chi connectivity index (χ4v) is 3.27. The van der Waals surface area contributed by atoms with E-state index in [9.17, 15) is 14.4 Å². The van der Waals surface area contributed by atoms with Crippen LogP contribution in [0, 0.1) is 0 Å². The number of amides is 3. The minimum atomic E-state index is -0.730. The summed E-state index contributed by atoms with van der Waals surface area (Å²) in [7, 11) is 1.46. The third-order valence-corrected chi connectivity index (χ3v) is 4.70. The number of para-hydroxylation sites is 1. The number of anilines is 1. The van der Waals surface area contributed by atoms with Crippen molar-refractivity contribution in [1.29, 1.82) is 0 Å². The highest BCUT2D eigenvalue weighted by Crippen LogP contribution is 2.34. The van der Waals surface area contributed by atoms with Gasteiger partial charge in [0.25, 0.3) is 5.91 Å². The Morgan fingerprint density at radius 3 is 2.53 bits per heavy atom. The molecule has 0 saturated heterocycles. The average Bonchev–Trinajstić information content (AvgIpc) is 2.77. The highest BCUT2D eigenvalue weighted by molar-refractivity contribution is 5.95. The number of benzene rings is 2. The molecule has 0 spiro atoms. The molecule has 0 bridgehead atoms. The van der Waals surface area contributed by atoms with Crippen molar-refractivity contribution in [3.63, 3.8) is 0 Å². The second kappa shape index (κ2) is 10.3. The molecule has 1 atom stereocenters. The number of nitrogens with one attached hydrogen (secondary N) is 3. The van der Waals surface area contributed by atoms with Gasteiger partial charge < -0.3 is 30.2 Å². The summed E-state index contributed by atoms with van der Waals surface area (Å²) < 4.78 is 16.2. The van der Waals surface area contributed by atoms with Gasteiger partial charge in [0, 0.05) is 11.4 Å². The lowest BCUT2D eigenvalue weighted by atomic mass is 9.95. The first-order chi connectivity index (χ1) is 15.4. The van der Waals surface area contributed by atoms with Crippen LogP contribution in [0.3, 0.4) is 0 Å². The second-order valence-corrected chi connectivity index (χ2v) is 6.90. The molecule has 0 aliphatic carbocycles. The quantitative estimate of drug-likeness (QED) is 0.545. The number of carbonyl (C=O) groups excluding carboxylic acids is 3. The molecular weight excluding hydrogens is 414 g/mol. The van der Waals surface area contributed by atoms with Crippen LogP contribution in [-0.2, 0) is 14.3 Å². The van der Waals surface area contributed by atoms with Crippen LogP contribution in [0.5, 0.6) is 11.5 Å². The van der Waals surface area contributed by atoms with Crippen LogP contribution in [0.25, 0.3) is 0 Å². The predicted molar refractivity (Wildman–Crippen MR) is 117 cm³/mol. The molecule has 0 aromatic heterocycles. The normalized spacial score (nSPS) is 15.3. The number of hydrogen-bond acceptors (Lipinski definition) is 6. The third-order valence-electron chi connectivity index (χ3n) is 4.70. The molecular formula is C23H25N3O6. The van der Waals surface area contributed by atoms with Crippen molar-refractivity contribution in [1.82, 2.24) is 10.6 Å². The highest BCUT2D eigenvalue weighted by Gasteiger charge is 2.32. The van der Waals surface area contributed by atoms with Crippen molar-refractivity contribution < 1.29 is 28.6 Å². The van der Waals surface area contributed by atoms with Crippen LogP contribution < -0.4 is 25.4 Å². The Morgan fingerprint density at radius 2 is 1.84 bits per heavy atom. The summed E-state index contributed by atoms with van der Waals surface area (Å²) in [5.41, 5.74) is 1.97. The third kappa shape index (κ3) is 5.37. The Bertz CT molecular complexity index is 1040. The van der Waals surface area contributed by atoms with Crippen molar-refractivity contribution in [3.05, 3.63) is 65.4 Å². The van der Waals surface area contributed by atoms with Gasteiger partial charge in [-0.25, -0.2) is 9.59 Å². The molecule has 2 aromatic carbocycles. The molecule has 0 unspecified atom stereocenters. The maximum Gasteiger partial charge on any atom is 0.338 e. The number of carbonyl (C=O) groups is 3. The molecule has 2 aromatic rings. The van der Waals surface area contributed by atoms with E-state index in [0.717, 1.165) is 0 Å². The number of esters is 1. The molecule has 3 amide bonds. The molecule has 168 valence electrons. The number of rotatable bonds is 8. The first kappa shape index (κ1) is 22.7. The molecule has 9 heteroatoms. The van der Waals surface area contributed by atoms with Crippen LogP contribution in [0.4, 0.5) is 10.5 Å². The van der Waals surface area contributed by atoms with Gasteiger partial charge in [-0.05, 0) is 43.7 Å². The zero-order valence-corrected chi connectivity index (χ0v) is 18.1. The van der Waals surface area contributed by atoms with E-state index in [0.29, 0.717) is 34.0 Å². The van der Waals surface area contributed by atoms with Crippen LogP contribution in [-0.4, -0.2) is 38.2 Å². The van der Waals surface area contributed by atoms with E-state index < -0.39 is 18.0 Å². The Morgan fingerprint density at radius 1 is 1.09 bits per heavy atom. The largest absolute Gasteiger partial charge is 0.493 e. The predicted octanol–water partition coefficient (Wildman–Crippen LogP) is 2.90. The zero-order valence-electron chi connectivity index (χ0n) is 18.1. The standard InChI is InChI=1S/C23H25N3O6/c1-4-31-22(28)20-14(2)24-23(29)26-21(20)15-10-11-17(18(12-15)30-3)32-13-19(27)25-16-8-6-5-7-9-16/h5-12,21H,4,13H2,1-3H3,(H,25,27)(H2,24,26,29)/t21-/m1/s1. The van der Waals surface area contributed by atoms with Gasteiger partial charge in [-0.1, -0.05) is 24.3 Å². The van der Waals surface area contributed by atoms with E-state index >= 15 is 0 Å². The Kier molecular flexibility index (Phi) is 7.33. The van der Waals surface area contributed by atoms with Gasteiger partial charge in [0.15, 0.2) is 18.1 Å². The molecule has 0 radical (unpaired) electrons. The minimum Gasteiger partial charge on any atom is -0.493 e. The summed E-state index contributed by atoms with van der Waals surface area (Å²) in [4.78, 5) is 36.7.